The Morgan fingerprint density at radius 3 is 2.56 bits per heavy atom. The molecule has 0 fully saturated rings. The van der Waals surface area contributed by atoms with Gasteiger partial charge in [0.1, 0.15) is 5.75 Å². The Bertz CT molecular complexity index is 926. The van der Waals surface area contributed by atoms with Crippen LogP contribution in [-0.2, 0) is 6.42 Å². The van der Waals surface area contributed by atoms with E-state index in [0.717, 1.165) is 17.0 Å². The Hall–Kier alpha value is -3.03. The van der Waals surface area contributed by atoms with Crippen LogP contribution < -0.4 is 4.74 Å². The first-order valence-electron chi connectivity index (χ1n) is 8.95. The van der Waals surface area contributed by atoms with E-state index in [9.17, 15) is 0 Å². The summed E-state index contributed by atoms with van der Waals surface area (Å²) in [5.74, 6) is 3.15. The second-order valence-corrected chi connectivity index (χ2v) is 6.81. The normalized spacial score (nSPS) is 11.8. The molecule has 142 valence electrons. The molecule has 0 aliphatic carbocycles. The van der Waals surface area contributed by atoms with Crippen LogP contribution in [0.2, 0.25) is 0 Å². The van der Waals surface area contributed by atoms with E-state index in [2.05, 4.69) is 25.6 Å². The van der Waals surface area contributed by atoms with E-state index in [1.165, 1.54) is 4.80 Å². The first-order valence-corrected chi connectivity index (χ1v) is 8.95. The van der Waals surface area contributed by atoms with Crippen molar-refractivity contribution in [3.05, 3.63) is 47.4 Å². The fourth-order valence-corrected chi connectivity index (χ4v) is 2.41. The molecule has 0 saturated carbocycles. The van der Waals surface area contributed by atoms with Crippen LogP contribution in [0.15, 0.2) is 28.7 Å². The molecule has 0 unspecified atom stereocenters. The van der Waals surface area contributed by atoms with E-state index in [1.807, 2.05) is 58.0 Å². The average molecular weight is 368 g/mol. The Kier molecular flexibility index (Phi) is 5.63. The molecule has 0 amide bonds. The van der Waals surface area contributed by atoms with Crippen LogP contribution in [0, 0.1) is 0 Å². The van der Waals surface area contributed by atoms with E-state index in [0.29, 0.717) is 24.0 Å². The van der Waals surface area contributed by atoms with Crippen LogP contribution in [-0.4, -0.2) is 37.5 Å². The van der Waals surface area contributed by atoms with Gasteiger partial charge in [0.15, 0.2) is 5.82 Å². The summed E-state index contributed by atoms with van der Waals surface area (Å²) in [5, 5.41) is 20.7. The van der Waals surface area contributed by atoms with Gasteiger partial charge in [0.25, 0.3) is 0 Å². The lowest BCUT2D eigenvalue weighted by molar-refractivity contribution is 0.413. The fourth-order valence-electron chi connectivity index (χ4n) is 2.41. The number of methoxy groups -OCH3 is 1. The lowest BCUT2D eigenvalue weighted by atomic mass is 10.1. The molecule has 0 radical (unpaired) electrons. The zero-order valence-electron chi connectivity index (χ0n) is 16.2. The molecule has 0 aliphatic rings. The highest BCUT2D eigenvalue weighted by molar-refractivity contribution is 5.60. The number of hydrogen-bond acceptors (Lipinski definition) is 7. The highest BCUT2D eigenvalue weighted by Gasteiger charge is 2.11. The number of hydrogen-bond donors (Lipinski definition) is 0. The Morgan fingerprint density at radius 2 is 1.93 bits per heavy atom. The van der Waals surface area contributed by atoms with Crippen LogP contribution in [0.1, 0.15) is 62.7 Å². The third-order valence-electron chi connectivity index (χ3n) is 3.96. The molecule has 1 aromatic carbocycles. The number of allylic oxidation sites excluding steroid dienone is 1. The van der Waals surface area contributed by atoms with Crippen molar-refractivity contribution in [1.29, 1.82) is 0 Å². The van der Waals surface area contributed by atoms with E-state index in [-0.39, 0.29) is 11.8 Å². The third kappa shape index (κ3) is 4.39. The van der Waals surface area contributed by atoms with Gasteiger partial charge in [-0.15, -0.1) is 25.2 Å². The van der Waals surface area contributed by atoms with Crippen molar-refractivity contribution in [2.75, 3.05) is 7.11 Å². The van der Waals surface area contributed by atoms with E-state index >= 15 is 0 Å². The summed E-state index contributed by atoms with van der Waals surface area (Å²) < 4.78 is 11.1. The van der Waals surface area contributed by atoms with Crippen molar-refractivity contribution in [3.8, 4) is 11.4 Å². The highest BCUT2D eigenvalue weighted by Crippen LogP contribution is 2.23. The minimum Gasteiger partial charge on any atom is -0.496 e. The number of benzene rings is 1. The third-order valence-corrected chi connectivity index (χ3v) is 3.96. The van der Waals surface area contributed by atoms with Gasteiger partial charge in [-0.25, -0.2) is 0 Å². The van der Waals surface area contributed by atoms with Gasteiger partial charge >= 0.3 is 0 Å². The Balaban J connectivity index is 1.80. The molecule has 3 aromatic rings. The zero-order valence-corrected chi connectivity index (χ0v) is 16.2. The van der Waals surface area contributed by atoms with Crippen molar-refractivity contribution in [2.24, 2.45) is 0 Å². The molecular weight excluding hydrogens is 344 g/mol. The molecule has 0 saturated heterocycles. The van der Waals surface area contributed by atoms with Crippen LogP contribution >= 0.6 is 0 Å². The molecule has 0 bridgehead atoms. The number of aromatic nitrogens is 6. The van der Waals surface area contributed by atoms with Crippen LogP contribution in [0.5, 0.6) is 5.75 Å². The number of rotatable bonds is 7. The molecule has 8 heteroatoms. The lowest BCUT2D eigenvalue weighted by Crippen LogP contribution is -2.01. The largest absolute Gasteiger partial charge is 0.496 e. The predicted molar refractivity (Wildman–Crippen MR) is 101 cm³/mol. The minimum absolute atomic E-state index is 0.220. The van der Waals surface area contributed by atoms with Crippen molar-refractivity contribution in [2.45, 2.75) is 46.0 Å². The first kappa shape index (κ1) is 18.8. The Morgan fingerprint density at radius 1 is 1.11 bits per heavy atom. The van der Waals surface area contributed by atoms with Crippen LogP contribution in [0.4, 0.5) is 0 Å². The number of ether oxygens (including phenoxy) is 1. The molecule has 0 atom stereocenters. The average Bonchev–Trinajstić information content (AvgIpc) is 3.31. The van der Waals surface area contributed by atoms with Crippen LogP contribution in [0.25, 0.3) is 11.8 Å². The maximum Gasteiger partial charge on any atom is 0.220 e. The summed E-state index contributed by atoms with van der Waals surface area (Å²) in [4.78, 5) is 1.53. The van der Waals surface area contributed by atoms with E-state index in [1.54, 1.807) is 7.11 Å². The second kappa shape index (κ2) is 8.11. The SMILES string of the molecule is COc1ccc(-n2nnc(C(C)C)n2)cc1C=CCc1nnc(C(C)C)o1. The predicted octanol–water partition coefficient (Wildman–Crippen LogP) is 3.56. The van der Waals surface area contributed by atoms with Gasteiger partial charge in [0.2, 0.25) is 11.8 Å². The Labute approximate surface area is 158 Å². The summed E-state index contributed by atoms with van der Waals surface area (Å²) in [6, 6.07) is 5.74. The second-order valence-electron chi connectivity index (χ2n) is 6.81. The monoisotopic (exact) mass is 368 g/mol. The molecule has 2 heterocycles. The first-order chi connectivity index (χ1) is 13.0. The smallest absolute Gasteiger partial charge is 0.220 e. The summed E-state index contributed by atoms with van der Waals surface area (Å²) in [6.45, 7) is 8.11. The van der Waals surface area contributed by atoms with Crippen molar-refractivity contribution in [1.82, 2.24) is 30.4 Å². The highest BCUT2D eigenvalue weighted by atomic mass is 16.5. The summed E-state index contributed by atoms with van der Waals surface area (Å²) in [5.41, 5.74) is 1.72. The molecule has 0 N–H and O–H groups in total. The van der Waals surface area contributed by atoms with Gasteiger partial charge in [0.05, 0.1) is 12.8 Å². The number of tetrazole rings is 1. The molecule has 2 aromatic heterocycles. The van der Waals surface area contributed by atoms with Gasteiger partial charge in [-0.2, -0.15) is 0 Å². The number of nitrogens with zero attached hydrogens (tertiary/aromatic N) is 6. The molecule has 0 spiro atoms. The van der Waals surface area contributed by atoms with Crippen molar-refractivity contribution >= 4 is 6.08 Å². The van der Waals surface area contributed by atoms with Crippen molar-refractivity contribution in [3.63, 3.8) is 0 Å². The molecule has 8 nitrogen and oxygen atoms in total. The zero-order chi connectivity index (χ0) is 19.4. The molecule has 3 rings (SSSR count). The van der Waals surface area contributed by atoms with E-state index < -0.39 is 0 Å². The summed E-state index contributed by atoms with van der Waals surface area (Å²) in [6.07, 6.45) is 4.47. The standard InChI is InChI=1S/C19H24N6O2/c1-12(2)18-21-24-25(23-18)15-9-10-16(26-5)14(11-15)7-6-8-17-20-22-19(27-17)13(3)4/h6-7,9-13H,8H2,1-5H3. The lowest BCUT2D eigenvalue weighted by Gasteiger charge is -2.07. The quantitative estimate of drug-likeness (QED) is 0.629. The maximum absolute atomic E-state index is 5.62. The maximum atomic E-state index is 5.62. The van der Waals surface area contributed by atoms with Gasteiger partial charge in [0, 0.05) is 23.8 Å². The summed E-state index contributed by atoms with van der Waals surface area (Å²) in [7, 11) is 1.64. The molecule has 0 aliphatic heterocycles. The molecule has 27 heavy (non-hydrogen) atoms. The topological polar surface area (TPSA) is 91.8 Å². The van der Waals surface area contributed by atoms with Crippen molar-refractivity contribution < 1.29 is 9.15 Å². The minimum atomic E-state index is 0.220. The molecular formula is C19H24N6O2. The van der Waals surface area contributed by atoms with E-state index in [4.69, 9.17) is 9.15 Å². The summed E-state index contributed by atoms with van der Waals surface area (Å²) >= 11 is 0. The fraction of sp³-hybridized carbons (Fsp3) is 0.421. The van der Waals surface area contributed by atoms with Gasteiger partial charge < -0.3 is 9.15 Å². The van der Waals surface area contributed by atoms with Gasteiger partial charge in [-0.05, 0) is 23.4 Å². The van der Waals surface area contributed by atoms with Crippen LogP contribution in [0.3, 0.4) is 0 Å². The van der Waals surface area contributed by atoms with Gasteiger partial charge in [-0.1, -0.05) is 39.8 Å². The van der Waals surface area contributed by atoms with Gasteiger partial charge in [-0.3, -0.25) is 0 Å².